The molecular formula is C19H17NO4. The molecule has 2 aromatic rings. The van der Waals surface area contributed by atoms with Crippen LogP contribution in [0.4, 0.5) is 0 Å². The van der Waals surface area contributed by atoms with Crippen LogP contribution in [0.5, 0.6) is 0 Å². The molecule has 0 aliphatic heterocycles. The standard InChI is InChI=1S/C19H17NO4/c1-4-13-7-9-14(10-8-13)15-11-16(18(21)23-5-2)20-17(12-15)19(22)24-6-3/h1,7-12H,5-6H2,2-3H3. The van der Waals surface area contributed by atoms with Crippen molar-refractivity contribution >= 4 is 11.9 Å². The van der Waals surface area contributed by atoms with Gasteiger partial charge in [-0.3, -0.25) is 0 Å². The van der Waals surface area contributed by atoms with Gasteiger partial charge >= 0.3 is 11.9 Å². The van der Waals surface area contributed by atoms with E-state index in [2.05, 4.69) is 10.9 Å². The van der Waals surface area contributed by atoms with E-state index >= 15 is 0 Å². The first-order valence-electron chi connectivity index (χ1n) is 7.52. The Hall–Kier alpha value is -3.13. The number of esters is 2. The van der Waals surface area contributed by atoms with Gasteiger partial charge in [0, 0.05) is 5.56 Å². The number of rotatable bonds is 5. The highest BCUT2D eigenvalue weighted by Gasteiger charge is 2.17. The first kappa shape index (κ1) is 17.2. The van der Waals surface area contributed by atoms with Crippen LogP contribution in [0.25, 0.3) is 11.1 Å². The summed E-state index contributed by atoms with van der Waals surface area (Å²) >= 11 is 0. The molecule has 0 saturated heterocycles. The Labute approximate surface area is 140 Å². The van der Waals surface area contributed by atoms with Crippen LogP contribution in [0.3, 0.4) is 0 Å². The lowest BCUT2D eigenvalue weighted by atomic mass is 10.0. The average Bonchev–Trinajstić information content (AvgIpc) is 2.62. The Bertz CT molecular complexity index is 752. The smallest absolute Gasteiger partial charge is 0.356 e. The van der Waals surface area contributed by atoms with Crippen molar-refractivity contribution in [1.29, 1.82) is 0 Å². The number of ether oxygens (including phenoxy) is 2. The Kier molecular flexibility index (Phi) is 5.69. The monoisotopic (exact) mass is 323 g/mol. The van der Waals surface area contributed by atoms with Gasteiger partial charge in [-0.1, -0.05) is 18.1 Å². The average molecular weight is 323 g/mol. The van der Waals surface area contributed by atoms with Crippen LogP contribution in [0.2, 0.25) is 0 Å². The zero-order valence-corrected chi connectivity index (χ0v) is 13.5. The minimum atomic E-state index is -0.592. The molecule has 1 aromatic carbocycles. The summed E-state index contributed by atoms with van der Waals surface area (Å²) in [6, 6.07) is 10.3. The zero-order valence-electron chi connectivity index (χ0n) is 13.5. The van der Waals surface area contributed by atoms with E-state index in [0.29, 0.717) is 5.56 Å². The lowest BCUT2D eigenvalue weighted by Gasteiger charge is -2.09. The second kappa shape index (κ2) is 7.93. The second-order valence-corrected chi connectivity index (χ2v) is 4.79. The molecule has 0 aliphatic carbocycles. The fourth-order valence-electron chi connectivity index (χ4n) is 2.08. The Morgan fingerprint density at radius 3 is 1.88 bits per heavy atom. The minimum Gasteiger partial charge on any atom is -0.461 e. The molecule has 24 heavy (non-hydrogen) atoms. The molecular weight excluding hydrogens is 306 g/mol. The molecule has 1 heterocycles. The van der Waals surface area contributed by atoms with E-state index in [1.165, 1.54) is 0 Å². The normalized spacial score (nSPS) is 9.88. The molecule has 0 atom stereocenters. The number of terminal acetylenes is 1. The first-order valence-corrected chi connectivity index (χ1v) is 7.52. The highest BCUT2D eigenvalue weighted by atomic mass is 16.5. The van der Waals surface area contributed by atoms with E-state index in [4.69, 9.17) is 15.9 Å². The molecule has 0 fully saturated rings. The largest absolute Gasteiger partial charge is 0.461 e. The molecule has 0 bridgehead atoms. The number of aromatic nitrogens is 1. The number of carbonyl (C=O) groups is 2. The molecule has 0 unspecified atom stereocenters. The third-order valence-corrected chi connectivity index (χ3v) is 3.18. The topological polar surface area (TPSA) is 65.5 Å². The summed E-state index contributed by atoms with van der Waals surface area (Å²) in [7, 11) is 0. The van der Waals surface area contributed by atoms with Gasteiger partial charge in [-0.25, -0.2) is 14.6 Å². The van der Waals surface area contributed by atoms with E-state index in [9.17, 15) is 9.59 Å². The van der Waals surface area contributed by atoms with Crippen molar-refractivity contribution < 1.29 is 19.1 Å². The summed E-state index contributed by atoms with van der Waals surface area (Å²) in [6.07, 6.45) is 5.35. The third-order valence-electron chi connectivity index (χ3n) is 3.18. The quantitative estimate of drug-likeness (QED) is 0.625. The van der Waals surface area contributed by atoms with Crippen LogP contribution in [-0.2, 0) is 9.47 Å². The van der Waals surface area contributed by atoms with Gasteiger partial charge in [0.1, 0.15) is 11.4 Å². The Morgan fingerprint density at radius 1 is 0.958 bits per heavy atom. The molecule has 0 spiro atoms. The number of benzene rings is 1. The van der Waals surface area contributed by atoms with Crippen molar-refractivity contribution in [1.82, 2.24) is 4.98 Å². The van der Waals surface area contributed by atoms with Crippen molar-refractivity contribution in [2.75, 3.05) is 13.2 Å². The maximum absolute atomic E-state index is 12.0. The molecule has 122 valence electrons. The van der Waals surface area contributed by atoms with Crippen molar-refractivity contribution in [3.05, 3.63) is 53.3 Å². The van der Waals surface area contributed by atoms with Gasteiger partial charge in [-0.15, -0.1) is 6.42 Å². The molecule has 0 saturated carbocycles. The van der Waals surface area contributed by atoms with Crippen LogP contribution >= 0.6 is 0 Å². The van der Waals surface area contributed by atoms with E-state index < -0.39 is 11.9 Å². The van der Waals surface area contributed by atoms with E-state index in [0.717, 1.165) is 11.1 Å². The zero-order chi connectivity index (χ0) is 17.5. The Morgan fingerprint density at radius 2 is 1.46 bits per heavy atom. The molecule has 1 aromatic heterocycles. The van der Waals surface area contributed by atoms with Crippen molar-refractivity contribution in [3.8, 4) is 23.5 Å². The summed E-state index contributed by atoms with van der Waals surface area (Å²) in [5.74, 6) is 1.35. The summed E-state index contributed by atoms with van der Waals surface area (Å²) in [4.78, 5) is 28.0. The number of nitrogens with zero attached hydrogens (tertiary/aromatic N) is 1. The minimum absolute atomic E-state index is 0.0541. The fourth-order valence-corrected chi connectivity index (χ4v) is 2.08. The van der Waals surface area contributed by atoms with E-state index in [1.807, 2.05) is 12.1 Å². The van der Waals surface area contributed by atoms with Crippen molar-refractivity contribution in [2.45, 2.75) is 13.8 Å². The second-order valence-electron chi connectivity index (χ2n) is 4.79. The van der Waals surface area contributed by atoms with Crippen LogP contribution in [0.15, 0.2) is 36.4 Å². The molecule has 5 heteroatoms. The predicted octanol–water partition coefficient (Wildman–Crippen LogP) is 3.08. The number of hydrogen-bond acceptors (Lipinski definition) is 5. The van der Waals surface area contributed by atoms with E-state index in [-0.39, 0.29) is 24.6 Å². The summed E-state index contributed by atoms with van der Waals surface area (Å²) in [6.45, 7) is 3.84. The van der Waals surface area contributed by atoms with Gasteiger partial charge in [0.25, 0.3) is 0 Å². The highest BCUT2D eigenvalue weighted by molar-refractivity contribution is 5.94. The Balaban J connectivity index is 2.50. The third kappa shape index (κ3) is 3.99. The van der Waals surface area contributed by atoms with Gasteiger partial charge < -0.3 is 9.47 Å². The van der Waals surface area contributed by atoms with Gasteiger partial charge in [-0.2, -0.15) is 0 Å². The lowest BCUT2D eigenvalue weighted by Crippen LogP contribution is -2.13. The predicted molar refractivity (Wildman–Crippen MR) is 89.5 cm³/mol. The van der Waals surface area contributed by atoms with Crippen LogP contribution in [0, 0.1) is 12.3 Å². The first-order chi connectivity index (χ1) is 11.6. The SMILES string of the molecule is C#Cc1ccc(-c2cc(C(=O)OCC)nc(C(=O)OCC)c2)cc1. The lowest BCUT2D eigenvalue weighted by molar-refractivity contribution is 0.0511. The summed E-state index contributed by atoms with van der Waals surface area (Å²) in [5, 5.41) is 0. The summed E-state index contributed by atoms with van der Waals surface area (Å²) in [5.41, 5.74) is 2.30. The van der Waals surface area contributed by atoms with Crippen LogP contribution in [-0.4, -0.2) is 30.1 Å². The van der Waals surface area contributed by atoms with Crippen LogP contribution < -0.4 is 0 Å². The van der Waals surface area contributed by atoms with Crippen molar-refractivity contribution in [3.63, 3.8) is 0 Å². The highest BCUT2D eigenvalue weighted by Crippen LogP contribution is 2.22. The van der Waals surface area contributed by atoms with Gasteiger partial charge in [0.05, 0.1) is 13.2 Å². The molecule has 2 rings (SSSR count). The van der Waals surface area contributed by atoms with E-state index in [1.54, 1.807) is 38.1 Å². The number of pyridine rings is 1. The van der Waals surface area contributed by atoms with Gasteiger partial charge in [0.15, 0.2) is 0 Å². The maximum atomic E-state index is 12.0. The number of carbonyl (C=O) groups excluding carboxylic acids is 2. The fraction of sp³-hybridized carbons (Fsp3) is 0.211. The molecule has 0 radical (unpaired) electrons. The maximum Gasteiger partial charge on any atom is 0.356 e. The van der Waals surface area contributed by atoms with Gasteiger partial charge in [0.2, 0.25) is 0 Å². The van der Waals surface area contributed by atoms with Crippen molar-refractivity contribution in [2.24, 2.45) is 0 Å². The molecule has 0 amide bonds. The number of hydrogen-bond donors (Lipinski definition) is 0. The molecule has 0 aliphatic rings. The molecule has 5 nitrogen and oxygen atoms in total. The van der Waals surface area contributed by atoms with Gasteiger partial charge in [-0.05, 0) is 49.2 Å². The van der Waals surface area contributed by atoms with Crippen LogP contribution in [0.1, 0.15) is 40.4 Å². The molecule has 0 N–H and O–H groups in total. The summed E-state index contributed by atoms with van der Waals surface area (Å²) < 4.78 is 9.94.